The molecule has 0 aliphatic carbocycles. The molecule has 1 heterocycles. The Morgan fingerprint density at radius 1 is 1.03 bits per heavy atom. The van der Waals surface area contributed by atoms with E-state index in [1.807, 2.05) is 41.3 Å². The molecule has 2 atom stereocenters. The van der Waals surface area contributed by atoms with E-state index >= 15 is 0 Å². The number of rotatable bonds is 7. The number of ether oxygens (including phenoxy) is 1. The highest BCUT2D eigenvalue weighted by Crippen LogP contribution is 2.19. The van der Waals surface area contributed by atoms with Crippen molar-refractivity contribution in [3.63, 3.8) is 0 Å². The Morgan fingerprint density at radius 3 is 2.34 bits per heavy atom. The molecule has 1 saturated heterocycles. The minimum absolute atomic E-state index is 0.00295. The lowest BCUT2D eigenvalue weighted by Gasteiger charge is -2.44. The van der Waals surface area contributed by atoms with Gasteiger partial charge in [0.15, 0.2) is 6.61 Å². The quantitative estimate of drug-likeness (QED) is 0.778. The Balaban J connectivity index is 1.52. The number of carbonyl (C=O) groups excluding carboxylic acids is 1. The minimum Gasteiger partial charge on any atom is -0.484 e. The molecule has 0 aromatic heterocycles. The Labute approximate surface area is 172 Å². The summed E-state index contributed by atoms with van der Waals surface area (Å²) in [4.78, 5) is 17.0. The van der Waals surface area contributed by atoms with Crippen LogP contribution in [-0.4, -0.2) is 54.0 Å². The Kier molecular flexibility index (Phi) is 7.23. The van der Waals surface area contributed by atoms with E-state index in [0.717, 1.165) is 30.6 Å². The second kappa shape index (κ2) is 9.85. The topological polar surface area (TPSA) is 58.8 Å². The van der Waals surface area contributed by atoms with Crippen LogP contribution in [-0.2, 0) is 17.8 Å². The molecule has 5 nitrogen and oxygen atoms in total. The number of hydrogen-bond donors (Lipinski definition) is 1. The summed E-state index contributed by atoms with van der Waals surface area (Å²) in [5.74, 6) is 0.464. The van der Waals surface area contributed by atoms with Crippen LogP contribution in [0.3, 0.4) is 0 Å². The second-order valence-corrected chi connectivity index (χ2v) is 7.77. The maximum atomic E-state index is 13.1. The standard InChI is InChI=1S/C23H30FN3O2/c1-17-14-27(18(2)13-26(17)15-20-3-7-21(24)8-4-20)23(28)16-29-22-9-5-19(6-10-22)11-12-25/h3-10,17-18H,11-16,25H2,1-2H3/t17-,18+/m0/s1. The van der Waals surface area contributed by atoms with Crippen LogP contribution in [0.5, 0.6) is 5.75 Å². The van der Waals surface area contributed by atoms with Crippen LogP contribution < -0.4 is 10.5 Å². The van der Waals surface area contributed by atoms with Gasteiger partial charge in [-0.2, -0.15) is 0 Å². The summed E-state index contributed by atoms with van der Waals surface area (Å²) in [6.07, 6.45) is 0.830. The van der Waals surface area contributed by atoms with Gasteiger partial charge in [-0.3, -0.25) is 9.69 Å². The molecule has 29 heavy (non-hydrogen) atoms. The van der Waals surface area contributed by atoms with Crippen molar-refractivity contribution in [3.8, 4) is 5.75 Å². The highest BCUT2D eigenvalue weighted by molar-refractivity contribution is 5.78. The first-order valence-corrected chi connectivity index (χ1v) is 10.2. The molecule has 6 heteroatoms. The van der Waals surface area contributed by atoms with Crippen LogP contribution in [0.1, 0.15) is 25.0 Å². The van der Waals surface area contributed by atoms with E-state index in [1.54, 1.807) is 0 Å². The summed E-state index contributed by atoms with van der Waals surface area (Å²) in [5, 5.41) is 0. The van der Waals surface area contributed by atoms with Crippen molar-refractivity contribution < 1.29 is 13.9 Å². The van der Waals surface area contributed by atoms with Gasteiger partial charge < -0.3 is 15.4 Å². The lowest BCUT2D eigenvalue weighted by atomic mass is 10.1. The van der Waals surface area contributed by atoms with Crippen LogP contribution in [0.15, 0.2) is 48.5 Å². The molecule has 3 rings (SSSR count). The van der Waals surface area contributed by atoms with E-state index in [4.69, 9.17) is 10.5 Å². The summed E-state index contributed by atoms with van der Waals surface area (Å²) >= 11 is 0. The molecule has 0 saturated carbocycles. The van der Waals surface area contributed by atoms with Gasteiger partial charge in [0, 0.05) is 31.7 Å². The van der Waals surface area contributed by atoms with Gasteiger partial charge in [-0.1, -0.05) is 24.3 Å². The third kappa shape index (κ3) is 5.78. The van der Waals surface area contributed by atoms with E-state index in [9.17, 15) is 9.18 Å². The molecule has 0 unspecified atom stereocenters. The fraction of sp³-hybridized carbons (Fsp3) is 0.435. The van der Waals surface area contributed by atoms with Gasteiger partial charge >= 0.3 is 0 Å². The zero-order valence-electron chi connectivity index (χ0n) is 17.2. The van der Waals surface area contributed by atoms with Crippen molar-refractivity contribution in [2.24, 2.45) is 5.73 Å². The number of amides is 1. The smallest absolute Gasteiger partial charge is 0.260 e. The van der Waals surface area contributed by atoms with Crippen molar-refractivity contribution in [2.45, 2.75) is 38.9 Å². The monoisotopic (exact) mass is 399 g/mol. The Morgan fingerprint density at radius 2 is 1.69 bits per heavy atom. The number of benzene rings is 2. The molecule has 2 aromatic carbocycles. The van der Waals surface area contributed by atoms with Crippen LogP contribution >= 0.6 is 0 Å². The van der Waals surface area contributed by atoms with E-state index in [2.05, 4.69) is 18.7 Å². The molecule has 0 radical (unpaired) electrons. The zero-order valence-corrected chi connectivity index (χ0v) is 17.2. The first-order chi connectivity index (χ1) is 14.0. The maximum absolute atomic E-state index is 13.1. The van der Waals surface area contributed by atoms with Gasteiger partial charge in [0.25, 0.3) is 5.91 Å². The third-order valence-corrected chi connectivity index (χ3v) is 5.45. The molecule has 156 valence electrons. The lowest BCUT2D eigenvalue weighted by Crippen LogP contribution is -2.58. The average molecular weight is 400 g/mol. The molecule has 1 aliphatic heterocycles. The van der Waals surface area contributed by atoms with Crippen LogP contribution in [0.25, 0.3) is 0 Å². The molecular weight excluding hydrogens is 369 g/mol. The molecule has 2 aromatic rings. The normalized spacial score (nSPS) is 19.9. The Hall–Kier alpha value is -2.44. The van der Waals surface area contributed by atoms with E-state index in [0.29, 0.717) is 18.8 Å². The molecule has 0 spiro atoms. The van der Waals surface area contributed by atoms with Crippen molar-refractivity contribution in [1.29, 1.82) is 0 Å². The number of piperazine rings is 1. The van der Waals surface area contributed by atoms with Crippen LogP contribution in [0.4, 0.5) is 4.39 Å². The predicted molar refractivity (Wildman–Crippen MR) is 112 cm³/mol. The molecule has 1 amide bonds. The fourth-order valence-electron chi connectivity index (χ4n) is 3.74. The van der Waals surface area contributed by atoms with Gasteiger partial charge in [-0.05, 0) is 62.2 Å². The van der Waals surface area contributed by atoms with Gasteiger partial charge in [-0.25, -0.2) is 4.39 Å². The zero-order chi connectivity index (χ0) is 20.8. The summed E-state index contributed by atoms with van der Waals surface area (Å²) in [7, 11) is 0. The van der Waals surface area contributed by atoms with Crippen LogP contribution in [0.2, 0.25) is 0 Å². The average Bonchev–Trinajstić information content (AvgIpc) is 2.71. The molecule has 1 fully saturated rings. The Bertz CT molecular complexity index is 795. The van der Waals surface area contributed by atoms with Crippen molar-refractivity contribution in [1.82, 2.24) is 9.80 Å². The van der Waals surface area contributed by atoms with Gasteiger partial charge in [0.05, 0.1) is 0 Å². The molecule has 1 aliphatic rings. The van der Waals surface area contributed by atoms with Crippen molar-refractivity contribution >= 4 is 5.91 Å². The molecular formula is C23H30FN3O2. The number of halogens is 1. The predicted octanol–water partition coefficient (Wildman–Crippen LogP) is 2.83. The first-order valence-electron chi connectivity index (χ1n) is 10.2. The van der Waals surface area contributed by atoms with Crippen molar-refractivity contribution in [3.05, 3.63) is 65.5 Å². The van der Waals surface area contributed by atoms with E-state index < -0.39 is 0 Å². The number of carbonyl (C=O) groups is 1. The van der Waals surface area contributed by atoms with E-state index in [-0.39, 0.29) is 30.4 Å². The largest absolute Gasteiger partial charge is 0.484 e. The summed E-state index contributed by atoms with van der Waals surface area (Å²) in [5.41, 5.74) is 7.80. The summed E-state index contributed by atoms with van der Waals surface area (Å²) in [6.45, 7) is 7.00. The van der Waals surface area contributed by atoms with Crippen LogP contribution in [0, 0.1) is 5.82 Å². The molecule has 2 N–H and O–H groups in total. The highest BCUT2D eigenvalue weighted by Gasteiger charge is 2.32. The van der Waals surface area contributed by atoms with Crippen molar-refractivity contribution in [2.75, 3.05) is 26.2 Å². The van der Waals surface area contributed by atoms with Gasteiger partial charge in [0.2, 0.25) is 0 Å². The first kappa shape index (κ1) is 21.3. The fourth-order valence-corrected chi connectivity index (χ4v) is 3.74. The van der Waals surface area contributed by atoms with E-state index in [1.165, 1.54) is 12.1 Å². The van der Waals surface area contributed by atoms with Gasteiger partial charge in [-0.15, -0.1) is 0 Å². The SMILES string of the molecule is C[C@@H]1CN(Cc2ccc(F)cc2)[C@@H](C)CN1C(=O)COc1ccc(CCN)cc1. The number of nitrogens with two attached hydrogens (primary N) is 1. The maximum Gasteiger partial charge on any atom is 0.260 e. The van der Waals surface area contributed by atoms with Gasteiger partial charge in [0.1, 0.15) is 11.6 Å². The third-order valence-electron chi connectivity index (χ3n) is 5.45. The minimum atomic E-state index is -0.223. The second-order valence-electron chi connectivity index (χ2n) is 7.77. The number of hydrogen-bond acceptors (Lipinski definition) is 4. The molecule has 0 bridgehead atoms. The lowest BCUT2D eigenvalue weighted by molar-refractivity contribution is -0.139. The summed E-state index contributed by atoms with van der Waals surface area (Å²) < 4.78 is 18.8. The summed E-state index contributed by atoms with van der Waals surface area (Å²) in [6, 6.07) is 14.6. The number of nitrogens with zero attached hydrogens (tertiary/aromatic N) is 2. The highest BCUT2D eigenvalue weighted by atomic mass is 19.1.